The van der Waals surface area contributed by atoms with Crippen molar-refractivity contribution in [3.8, 4) is 0 Å². The van der Waals surface area contributed by atoms with Crippen molar-refractivity contribution in [2.45, 2.75) is 23.6 Å². The highest BCUT2D eigenvalue weighted by Gasteiger charge is 2.15. The van der Waals surface area contributed by atoms with Crippen molar-refractivity contribution < 1.29 is 18.7 Å². The maximum absolute atomic E-state index is 13.8. The number of aromatic nitrogens is 2. The van der Waals surface area contributed by atoms with Gasteiger partial charge in [0.05, 0.1) is 18.7 Å². The number of aliphatic imine (C=N–C) groups is 1. The van der Waals surface area contributed by atoms with Crippen molar-refractivity contribution in [2.24, 2.45) is 10.7 Å². The molecule has 0 bridgehead atoms. The van der Waals surface area contributed by atoms with E-state index >= 15 is 0 Å². The third-order valence-corrected chi connectivity index (χ3v) is 4.73. The van der Waals surface area contributed by atoms with Crippen LogP contribution in [0.3, 0.4) is 0 Å². The summed E-state index contributed by atoms with van der Waals surface area (Å²) in [4.78, 5) is 27.6. The molecule has 0 atom stereocenters. The normalized spacial score (nSPS) is 11.9. The molecule has 1 heterocycles. The molecule has 7 nitrogen and oxygen atoms in total. The van der Waals surface area contributed by atoms with Gasteiger partial charge < -0.3 is 10.8 Å². The summed E-state index contributed by atoms with van der Waals surface area (Å²) < 4.78 is 28.2. The zero-order valence-corrected chi connectivity index (χ0v) is 15.7. The van der Waals surface area contributed by atoms with E-state index in [0.29, 0.717) is 5.57 Å². The summed E-state index contributed by atoms with van der Waals surface area (Å²) in [6.07, 6.45) is 2.30. The highest BCUT2D eigenvalue weighted by molar-refractivity contribution is 7.98. The first-order chi connectivity index (χ1) is 13.3. The van der Waals surface area contributed by atoms with E-state index in [1.165, 1.54) is 30.6 Å². The third kappa shape index (κ3) is 5.49. The Kier molecular flexibility index (Phi) is 7.44. The van der Waals surface area contributed by atoms with Crippen LogP contribution in [0.2, 0.25) is 0 Å². The van der Waals surface area contributed by atoms with Crippen LogP contribution in [0.15, 0.2) is 50.7 Å². The molecule has 0 radical (unpaired) electrons. The predicted molar refractivity (Wildman–Crippen MR) is 102 cm³/mol. The smallest absolute Gasteiger partial charge is 0.309 e. The number of carbonyl (C=O) groups is 1. The SMILES string of the molecule is CN=CC(=CN)Cn1nc(CC(=O)O)c(SCc2cccc(F)c2F)cc1=O. The average molecular weight is 408 g/mol. The molecule has 0 fully saturated rings. The number of hydrogen-bond donors (Lipinski definition) is 2. The minimum Gasteiger partial charge on any atom is -0.481 e. The van der Waals surface area contributed by atoms with E-state index in [4.69, 9.17) is 10.8 Å². The number of benzene rings is 1. The number of thioether (sulfide) groups is 1. The average Bonchev–Trinajstić information content (AvgIpc) is 2.65. The van der Waals surface area contributed by atoms with Crippen LogP contribution in [0.25, 0.3) is 0 Å². The van der Waals surface area contributed by atoms with Crippen molar-refractivity contribution in [2.75, 3.05) is 7.05 Å². The number of aliphatic carboxylic acids is 1. The van der Waals surface area contributed by atoms with E-state index in [2.05, 4.69) is 10.1 Å². The molecule has 0 aliphatic rings. The summed E-state index contributed by atoms with van der Waals surface area (Å²) in [7, 11) is 1.54. The topological polar surface area (TPSA) is 111 Å². The molecule has 2 aromatic rings. The number of carboxylic acids is 1. The molecule has 1 aromatic heterocycles. The lowest BCUT2D eigenvalue weighted by molar-refractivity contribution is -0.136. The second-order valence-corrected chi connectivity index (χ2v) is 6.67. The molecule has 1 aromatic carbocycles. The summed E-state index contributed by atoms with van der Waals surface area (Å²) in [5, 5.41) is 13.2. The first-order valence-corrected chi connectivity index (χ1v) is 9.05. The molecule has 0 spiro atoms. The van der Waals surface area contributed by atoms with E-state index in [9.17, 15) is 18.4 Å². The zero-order chi connectivity index (χ0) is 20.7. The number of rotatable bonds is 8. The molecule has 10 heteroatoms. The van der Waals surface area contributed by atoms with Gasteiger partial charge in [-0.05, 0) is 6.07 Å². The van der Waals surface area contributed by atoms with Gasteiger partial charge in [-0.2, -0.15) is 5.10 Å². The molecular formula is C18H18F2N4O3S. The molecule has 3 N–H and O–H groups in total. The predicted octanol–water partition coefficient (Wildman–Crippen LogP) is 1.98. The zero-order valence-electron chi connectivity index (χ0n) is 14.9. The van der Waals surface area contributed by atoms with Crippen molar-refractivity contribution in [1.82, 2.24) is 9.78 Å². The highest BCUT2D eigenvalue weighted by atomic mass is 32.2. The number of nitrogens with zero attached hydrogens (tertiary/aromatic N) is 3. The van der Waals surface area contributed by atoms with E-state index in [0.717, 1.165) is 22.5 Å². The quantitative estimate of drug-likeness (QED) is 0.511. The lowest BCUT2D eigenvalue weighted by atomic mass is 10.2. The largest absolute Gasteiger partial charge is 0.481 e. The van der Waals surface area contributed by atoms with Gasteiger partial charge in [0.2, 0.25) is 0 Å². The van der Waals surface area contributed by atoms with Crippen molar-refractivity contribution >= 4 is 23.9 Å². The van der Waals surface area contributed by atoms with Gasteiger partial charge in [-0.1, -0.05) is 12.1 Å². The van der Waals surface area contributed by atoms with E-state index in [1.54, 1.807) is 7.05 Å². The van der Waals surface area contributed by atoms with Gasteiger partial charge in [0.25, 0.3) is 5.56 Å². The second-order valence-electron chi connectivity index (χ2n) is 5.65. The Morgan fingerprint density at radius 3 is 2.82 bits per heavy atom. The number of carboxylic acid groups (broad SMARTS) is 1. The Bertz CT molecular complexity index is 989. The summed E-state index contributed by atoms with van der Waals surface area (Å²) >= 11 is 1.01. The van der Waals surface area contributed by atoms with Crippen LogP contribution in [0.1, 0.15) is 11.3 Å². The molecule has 0 aliphatic carbocycles. The third-order valence-electron chi connectivity index (χ3n) is 3.61. The summed E-state index contributed by atoms with van der Waals surface area (Å²) in [6.45, 7) is 0.0166. The molecule has 148 valence electrons. The summed E-state index contributed by atoms with van der Waals surface area (Å²) in [5.74, 6) is -3.08. The van der Waals surface area contributed by atoms with Crippen LogP contribution < -0.4 is 11.3 Å². The Labute approximate surface area is 163 Å². The van der Waals surface area contributed by atoms with E-state index < -0.39 is 29.6 Å². The van der Waals surface area contributed by atoms with Crippen molar-refractivity contribution in [1.29, 1.82) is 0 Å². The molecule has 0 amide bonds. The van der Waals surface area contributed by atoms with Crippen LogP contribution in [0.5, 0.6) is 0 Å². The van der Waals surface area contributed by atoms with Gasteiger partial charge in [-0.15, -0.1) is 11.8 Å². The van der Waals surface area contributed by atoms with Crippen molar-refractivity contribution in [3.05, 3.63) is 69.3 Å². The first kappa shape index (κ1) is 21.3. The molecule has 0 aliphatic heterocycles. The number of hydrogen-bond acceptors (Lipinski definition) is 6. The van der Waals surface area contributed by atoms with Crippen LogP contribution in [0, 0.1) is 11.6 Å². The van der Waals surface area contributed by atoms with Gasteiger partial charge in [0, 0.05) is 47.3 Å². The molecule has 2 rings (SSSR count). The Morgan fingerprint density at radius 2 is 2.18 bits per heavy atom. The Balaban J connectivity index is 2.35. The summed E-state index contributed by atoms with van der Waals surface area (Å²) in [6, 6.07) is 5.02. The molecule has 0 unspecified atom stereocenters. The molecular weight excluding hydrogens is 390 g/mol. The van der Waals surface area contributed by atoms with E-state index in [1.807, 2.05) is 0 Å². The fourth-order valence-corrected chi connectivity index (χ4v) is 3.31. The summed E-state index contributed by atoms with van der Waals surface area (Å²) in [5.41, 5.74) is 5.75. The lowest BCUT2D eigenvalue weighted by Gasteiger charge is -2.11. The van der Waals surface area contributed by atoms with Crippen LogP contribution in [0.4, 0.5) is 8.78 Å². The lowest BCUT2D eigenvalue weighted by Crippen LogP contribution is -2.26. The monoisotopic (exact) mass is 408 g/mol. The standard InChI is InChI=1S/C18H18F2N4O3S/c1-22-8-11(7-21)9-24-16(25)6-15(14(23-24)5-17(26)27)28-10-12-3-2-4-13(19)18(12)20/h2-4,6-8H,5,9-10,21H2,1H3,(H,26,27). The number of allylic oxidation sites excluding steroid dienone is 1. The minimum absolute atomic E-state index is 0.0117. The Morgan fingerprint density at radius 1 is 1.43 bits per heavy atom. The van der Waals surface area contributed by atoms with E-state index in [-0.39, 0.29) is 28.5 Å². The molecule has 28 heavy (non-hydrogen) atoms. The second kappa shape index (κ2) is 9.79. The molecule has 0 saturated heterocycles. The van der Waals surface area contributed by atoms with Crippen LogP contribution in [-0.2, 0) is 23.5 Å². The highest BCUT2D eigenvalue weighted by Crippen LogP contribution is 2.26. The van der Waals surface area contributed by atoms with Gasteiger partial charge in [0.15, 0.2) is 11.6 Å². The van der Waals surface area contributed by atoms with Crippen LogP contribution in [-0.4, -0.2) is 34.1 Å². The fraction of sp³-hybridized carbons (Fsp3) is 0.222. The maximum Gasteiger partial charge on any atom is 0.309 e. The van der Waals surface area contributed by atoms with Gasteiger partial charge in [0.1, 0.15) is 0 Å². The number of halogens is 2. The first-order valence-electron chi connectivity index (χ1n) is 8.07. The maximum atomic E-state index is 13.8. The van der Waals surface area contributed by atoms with Crippen LogP contribution >= 0.6 is 11.8 Å². The van der Waals surface area contributed by atoms with Gasteiger partial charge in [-0.25, -0.2) is 13.5 Å². The minimum atomic E-state index is -1.14. The van der Waals surface area contributed by atoms with Crippen molar-refractivity contribution in [3.63, 3.8) is 0 Å². The van der Waals surface area contributed by atoms with Gasteiger partial charge >= 0.3 is 5.97 Å². The molecule has 0 saturated carbocycles. The van der Waals surface area contributed by atoms with Gasteiger partial charge in [-0.3, -0.25) is 14.6 Å². The Hall–Kier alpha value is -3.01. The fourth-order valence-electron chi connectivity index (χ4n) is 2.31. The number of nitrogens with two attached hydrogens (primary N) is 1.